The molecule has 0 bridgehead atoms. The molecule has 0 fully saturated rings. The summed E-state index contributed by atoms with van der Waals surface area (Å²) in [6, 6.07) is 13.3. The molecule has 0 amide bonds. The largest absolute Gasteiger partial charge is 0.506 e. The fourth-order valence-electron chi connectivity index (χ4n) is 3.07. The van der Waals surface area contributed by atoms with Crippen molar-refractivity contribution in [2.45, 2.75) is 13.8 Å². The van der Waals surface area contributed by atoms with Crippen molar-refractivity contribution in [1.29, 1.82) is 0 Å². The normalized spacial score (nSPS) is 11.5. The predicted octanol–water partition coefficient (Wildman–Crippen LogP) is 4.42. The summed E-state index contributed by atoms with van der Waals surface area (Å²) in [6.45, 7) is 3.98. The summed E-state index contributed by atoms with van der Waals surface area (Å²) in [5.74, 6) is -0.00615. The topological polar surface area (TPSA) is 50.4 Å². The van der Waals surface area contributed by atoms with E-state index in [1.165, 1.54) is 0 Å². The summed E-state index contributed by atoms with van der Waals surface area (Å²) < 4.78 is 5.37. The van der Waals surface area contributed by atoms with Gasteiger partial charge < -0.3 is 9.52 Å². The molecule has 0 atom stereocenters. The van der Waals surface area contributed by atoms with Gasteiger partial charge in [-0.05, 0) is 43.0 Å². The fraction of sp³-hybridized carbons (Fsp3) is 0.105. The van der Waals surface area contributed by atoms with Crippen LogP contribution in [0.1, 0.15) is 11.1 Å². The van der Waals surface area contributed by atoms with E-state index >= 15 is 0 Å². The van der Waals surface area contributed by atoms with Crippen molar-refractivity contribution >= 4 is 32.5 Å². The standard InChI is InChI=1S/C19H14O3/c1-10-6-7-16-14(8-10)15-9-13-11(2)4-3-5-12(13)18(20)17(15)19(21)22-16/h3-9,20H,1-2H3. The molecule has 1 heterocycles. The van der Waals surface area contributed by atoms with Gasteiger partial charge in [0.05, 0.1) is 0 Å². The van der Waals surface area contributed by atoms with Crippen LogP contribution < -0.4 is 5.63 Å². The molecule has 0 aliphatic carbocycles. The number of phenolic OH excluding ortho intramolecular Hbond substituents is 1. The average Bonchev–Trinajstić information content (AvgIpc) is 2.49. The number of phenols is 1. The minimum Gasteiger partial charge on any atom is -0.506 e. The van der Waals surface area contributed by atoms with Gasteiger partial charge >= 0.3 is 5.63 Å². The molecule has 4 rings (SSSR count). The lowest BCUT2D eigenvalue weighted by Crippen LogP contribution is -2.01. The van der Waals surface area contributed by atoms with Crippen LogP contribution in [0.4, 0.5) is 0 Å². The number of benzene rings is 3. The van der Waals surface area contributed by atoms with Crippen molar-refractivity contribution in [1.82, 2.24) is 0 Å². The molecule has 108 valence electrons. The second-order valence-electron chi connectivity index (χ2n) is 5.71. The lowest BCUT2D eigenvalue weighted by molar-refractivity contribution is 0.483. The summed E-state index contributed by atoms with van der Waals surface area (Å²) in [4.78, 5) is 12.3. The summed E-state index contributed by atoms with van der Waals surface area (Å²) in [5.41, 5.74) is 2.17. The Bertz CT molecular complexity index is 1120. The molecule has 0 saturated carbocycles. The van der Waals surface area contributed by atoms with Crippen LogP contribution in [0.25, 0.3) is 32.5 Å². The molecular weight excluding hydrogens is 276 g/mol. The Labute approximate surface area is 126 Å². The van der Waals surface area contributed by atoms with Crippen LogP contribution in [0.3, 0.4) is 0 Å². The smallest absolute Gasteiger partial charge is 0.348 e. The third kappa shape index (κ3) is 1.65. The monoisotopic (exact) mass is 290 g/mol. The number of aryl methyl sites for hydroxylation is 2. The molecule has 0 saturated heterocycles. The Morgan fingerprint density at radius 1 is 0.909 bits per heavy atom. The van der Waals surface area contributed by atoms with E-state index in [9.17, 15) is 9.90 Å². The van der Waals surface area contributed by atoms with Crippen LogP contribution in [-0.2, 0) is 0 Å². The average molecular weight is 290 g/mol. The zero-order valence-corrected chi connectivity index (χ0v) is 12.3. The minimum absolute atomic E-state index is 0.00615. The van der Waals surface area contributed by atoms with Crippen molar-refractivity contribution in [3.63, 3.8) is 0 Å². The summed E-state index contributed by atoms with van der Waals surface area (Å²) >= 11 is 0. The van der Waals surface area contributed by atoms with Crippen molar-refractivity contribution in [3.8, 4) is 5.75 Å². The Morgan fingerprint density at radius 2 is 1.73 bits per heavy atom. The van der Waals surface area contributed by atoms with Crippen LogP contribution in [0.15, 0.2) is 51.7 Å². The van der Waals surface area contributed by atoms with E-state index in [0.717, 1.165) is 27.3 Å². The van der Waals surface area contributed by atoms with Gasteiger partial charge in [-0.15, -0.1) is 0 Å². The molecule has 1 N–H and O–H groups in total. The van der Waals surface area contributed by atoms with Gasteiger partial charge in [0, 0.05) is 16.2 Å². The molecule has 3 heteroatoms. The van der Waals surface area contributed by atoms with E-state index in [0.29, 0.717) is 11.0 Å². The van der Waals surface area contributed by atoms with Crippen molar-refractivity contribution in [2.75, 3.05) is 0 Å². The van der Waals surface area contributed by atoms with Gasteiger partial charge in [0.2, 0.25) is 0 Å². The predicted molar refractivity (Wildman–Crippen MR) is 88.6 cm³/mol. The van der Waals surface area contributed by atoms with Gasteiger partial charge in [-0.2, -0.15) is 0 Å². The van der Waals surface area contributed by atoms with Crippen molar-refractivity contribution < 1.29 is 9.52 Å². The Hall–Kier alpha value is -2.81. The maximum atomic E-state index is 12.3. The zero-order valence-electron chi connectivity index (χ0n) is 12.3. The molecule has 0 spiro atoms. The number of fused-ring (bicyclic) bond motifs is 4. The van der Waals surface area contributed by atoms with Crippen LogP contribution >= 0.6 is 0 Å². The summed E-state index contributed by atoms with van der Waals surface area (Å²) in [6.07, 6.45) is 0. The van der Waals surface area contributed by atoms with E-state index in [-0.39, 0.29) is 11.1 Å². The minimum atomic E-state index is -0.507. The summed E-state index contributed by atoms with van der Waals surface area (Å²) in [7, 11) is 0. The third-order valence-corrected chi connectivity index (χ3v) is 4.21. The van der Waals surface area contributed by atoms with E-state index in [1.54, 1.807) is 6.07 Å². The Morgan fingerprint density at radius 3 is 2.55 bits per heavy atom. The first-order valence-corrected chi connectivity index (χ1v) is 7.15. The maximum absolute atomic E-state index is 12.3. The van der Waals surface area contributed by atoms with E-state index in [1.807, 2.05) is 50.2 Å². The second kappa shape index (κ2) is 4.34. The molecule has 0 aliphatic rings. The number of rotatable bonds is 0. The Balaban J connectivity index is 2.38. The lowest BCUT2D eigenvalue weighted by atomic mass is 9.97. The van der Waals surface area contributed by atoms with Gasteiger partial charge in [0.1, 0.15) is 16.7 Å². The molecule has 0 unspecified atom stereocenters. The van der Waals surface area contributed by atoms with E-state index in [4.69, 9.17) is 4.42 Å². The highest BCUT2D eigenvalue weighted by molar-refractivity contribution is 6.14. The number of hydrogen-bond acceptors (Lipinski definition) is 3. The molecular formula is C19H14O3. The van der Waals surface area contributed by atoms with E-state index in [2.05, 4.69) is 0 Å². The number of hydrogen-bond donors (Lipinski definition) is 1. The van der Waals surface area contributed by atoms with Gasteiger partial charge in [-0.25, -0.2) is 4.79 Å². The maximum Gasteiger partial charge on any atom is 0.348 e. The molecule has 4 aromatic rings. The van der Waals surface area contributed by atoms with Gasteiger partial charge in [-0.3, -0.25) is 0 Å². The van der Waals surface area contributed by atoms with E-state index < -0.39 is 5.63 Å². The first-order valence-electron chi connectivity index (χ1n) is 7.15. The highest BCUT2D eigenvalue weighted by Crippen LogP contribution is 2.36. The molecule has 1 aromatic heterocycles. The molecule has 3 nitrogen and oxygen atoms in total. The van der Waals surface area contributed by atoms with Gasteiger partial charge in [0.25, 0.3) is 0 Å². The molecule has 3 aromatic carbocycles. The Kier molecular flexibility index (Phi) is 2.54. The summed E-state index contributed by atoms with van der Waals surface area (Å²) in [5, 5.41) is 14.0. The van der Waals surface area contributed by atoms with Gasteiger partial charge in [0.15, 0.2) is 0 Å². The molecule has 22 heavy (non-hydrogen) atoms. The van der Waals surface area contributed by atoms with Gasteiger partial charge in [-0.1, -0.05) is 29.8 Å². The highest BCUT2D eigenvalue weighted by Gasteiger charge is 2.15. The van der Waals surface area contributed by atoms with Crippen LogP contribution in [0.2, 0.25) is 0 Å². The van der Waals surface area contributed by atoms with Crippen LogP contribution in [0, 0.1) is 13.8 Å². The van der Waals surface area contributed by atoms with Crippen molar-refractivity contribution in [2.24, 2.45) is 0 Å². The van der Waals surface area contributed by atoms with Crippen molar-refractivity contribution in [3.05, 3.63) is 64.0 Å². The number of aromatic hydroxyl groups is 1. The SMILES string of the molecule is Cc1ccc2oc(=O)c3c(O)c4cccc(C)c4cc3c2c1. The lowest BCUT2D eigenvalue weighted by Gasteiger charge is -2.10. The fourth-order valence-corrected chi connectivity index (χ4v) is 3.07. The van der Waals surface area contributed by atoms with Crippen LogP contribution in [-0.4, -0.2) is 5.11 Å². The molecule has 0 radical (unpaired) electrons. The highest BCUT2D eigenvalue weighted by atomic mass is 16.4. The first kappa shape index (κ1) is 12.9. The zero-order chi connectivity index (χ0) is 15.4. The van der Waals surface area contributed by atoms with Crippen LogP contribution in [0.5, 0.6) is 5.75 Å². The third-order valence-electron chi connectivity index (χ3n) is 4.21. The molecule has 0 aliphatic heterocycles. The quantitative estimate of drug-likeness (QED) is 0.296. The second-order valence-corrected chi connectivity index (χ2v) is 5.71. The first-order chi connectivity index (χ1) is 10.6.